The van der Waals surface area contributed by atoms with E-state index >= 15 is 0 Å². The smallest absolute Gasteiger partial charge is 0.342 e. The van der Waals surface area contributed by atoms with Gasteiger partial charge in [-0.1, -0.05) is 29.3 Å². The van der Waals surface area contributed by atoms with Gasteiger partial charge in [0.1, 0.15) is 11.3 Å². The Balaban J connectivity index is 1.92. The second-order valence-electron chi connectivity index (χ2n) is 6.32. The number of halogens is 1. The van der Waals surface area contributed by atoms with Crippen LogP contribution in [0.15, 0.2) is 42.5 Å². The fourth-order valence-electron chi connectivity index (χ4n) is 2.39. The summed E-state index contributed by atoms with van der Waals surface area (Å²) in [6.07, 6.45) is -1.15. The van der Waals surface area contributed by atoms with Crippen molar-refractivity contribution in [2.75, 3.05) is 18.9 Å². The first-order valence-electron chi connectivity index (χ1n) is 8.48. The molecule has 0 radical (unpaired) electrons. The van der Waals surface area contributed by atoms with E-state index in [-0.39, 0.29) is 28.8 Å². The fourth-order valence-corrected chi connectivity index (χ4v) is 2.56. The molecule has 1 atom stereocenters. The van der Waals surface area contributed by atoms with E-state index in [1.54, 1.807) is 12.1 Å². The predicted molar refractivity (Wildman–Crippen MR) is 105 cm³/mol. The van der Waals surface area contributed by atoms with Crippen LogP contribution in [-0.2, 0) is 14.3 Å². The molecule has 0 aliphatic carbocycles. The van der Waals surface area contributed by atoms with Crippen LogP contribution in [0.1, 0.15) is 22.8 Å². The molecular weight excluding hydrogens is 384 g/mol. The molecule has 2 rings (SSSR count). The Morgan fingerprint density at radius 1 is 1.18 bits per heavy atom. The lowest BCUT2D eigenvalue weighted by Crippen LogP contribution is -2.41. The Kier molecular flexibility index (Phi) is 7.00. The summed E-state index contributed by atoms with van der Waals surface area (Å²) in [5, 5.41) is 12.7. The number of phenolic OH excluding ortho intramolecular Hbond substituents is 1. The number of benzene rings is 2. The van der Waals surface area contributed by atoms with Gasteiger partial charge < -0.3 is 20.1 Å². The number of rotatable bonds is 6. The van der Waals surface area contributed by atoms with Gasteiger partial charge in [-0.3, -0.25) is 9.59 Å². The zero-order chi connectivity index (χ0) is 20.8. The molecule has 0 aromatic heterocycles. The maximum Gasteiger partial charge on any atom is 0.342 e. The number of nitrogens with one attached hydrogen (secondary N) is 1. The standard InChI is InChI=1S/C20H21ClN2O5/c1-12-4-7-15(8-5-12)22-18(25)11-23(3)19(26)13(2)28-20(27)16-10-14(21)6-9-17(16)24/h4-10,13,24H,11H2,1-3H3,(H,22,25)/t13-/m1/s1. The molecule has 148 valence electrons. The summed E-state index contributed by atoms with van der Waals surface area (Å²) in [6, 6.07) is 11.2. The van der Waals surface area contributed by atoms with Gasteiger partial charge in [0.05, 0.1) is 6.54 Å². The third kappa shape index (κ3) is 5.72. The van der Waals surface area contributed by atoms with Crippen molar-refractivity contribution in [3.8, 4) is 5.75 Å². The van der Waals surface area contributed by atoms with E-state index < -0.39 is 18.0 Å². The van der Waals surface area contributed by atoms with Crippen LogP contribution in [0.25, 0.3) is 0 Å². The van der Waals surface area contributed by atoms with Gasteiger partial charge in [-0.2, -0.15) is 0 Å². The highest BCUT2D eigenvalue weighted by atomic mass is 35.5. The van der Waals surface area contributed by atoms with E-state index in [9.17, 15) is 19.5 Å². The number of phenols is 1. The van der Waals surface area contributed by atoms with Crippen LogP contribution in [0.4, 0.5) is 5.69 Å². The summed E-state index contributed by atoms with van der Waals surface area (Å²) >= 11 is 5.80. The third-order valence-corrected chi connectivity index (χ3v) is 4.14. The minimum absolute atomic E-state index is 0.146. The molecule has 0 bridgehead atoms. The second kappa shape index (κ2) is 9.23. The summed E-state index contributed by atoms with van der Waals surface area (Å²) < 4.78 is 5.09. The molecule has 0 fully saturated rings. The Bertz CT molecular complexity index is 883. The zero-order valence-electron chi connectivity index (χ0n) is 15.7. The van der Waals surface area contributed by atoms with Crippen molar-refractivity contribution in [1.82, 2.24) is 4.90 Å². The number of nitrogens with zero attached hydrogens (tertiary/aromatic N) is 1. The molecular formula is C20H21ClN2O5. The normalized spacial score (nSPS) is 11.4. The molecule has 28 heavy (non-hydrogen) atoms. The number of likely N-dealkylation sites (N-methyl/N-ethyl adjacent to an activating group) is 1. The average Bonchev–Trinajstić information content (AvgIpc) is 2.64. The zero-order valence-corrected chi connectivity index (χ0v) is 16.5. The van der Waals surface area contributed by atoms with Crippen molar-refractivity contribution < 1.29 is 24.2 Å². The number of aryl methyl sites for hydroxylation is 1. The van der Waals surface area contributed by atoms with E-state index in [1.807, 2.05) is 19.1 Å². The van der Waals surface area contributed by atoms with Crippen molar-refractivity contribution >= 4 is 35.1 Å². The molecule has 0 unspecified atom stereocenters. The topological polar surface area (TPSA) is 95.9 Å². The molecule has 0 saturated heterocycles. The number of anilines is 1. The van der Waals surface area contributed by atoms with Crippen LogP contribution < -0.4 is 5.32 Å². The molecule has 0 aliphatic heterocycles. The van der Waals surface area contributed by atoms with Gasteiger partial charge in [-0.25, -0.2) is 4.79 Å². The van der Waals surface area contributed by atoms with E-state index in [0.717, 1.165) is 10.5 Å². The minimum atomic E-state index is -1.15. The lowest BCUT2D eigenvalue weighted by atomic mass is 10.2. The molecule has 0 saturated carbocycles. The number of amides is 2. The number of hydrogen-bond acceptors (Lipinski definition) is 5. The molecule has 0 heterocycles. The lowest BCUT2D eigenvalue weighted by Gasteiger charge is -2.21. The van der Waals surface area contributed by atoms with Gasteiger partial charge in [0.25, 0.3) is 5.91 Å². The molecule has 2 aromatic rings. The lowest BCUT2D eigenvalue weighted by molar-refractivity contribution is -0.140. The van der Waals surface area contributed by atoms with Crippen molar-refractivity contribution in [3.63, 3.8) is 0 Å². The number of carbonyl (C=O) groups excluding carboxylic acids is 3. The number of ether oxygens (including phenoxy) is 1. The minimum Gasteiger partial charge on any atom is -0.507 e. The van der Waals surface area contributed by atoms with Crippen LogP contribution in [0.3, 0.4) is 0 Å². The first-order chi connectivity index (χ1) is 13.2. The van der Waals surface area contributed by atoms with Crippen LogP contribution >= 0.6 is 11.6 Å². The Morgan fingerprint density at radius 3 is 2.46 bits per heavy atom. The third-order valence-electron chi connectivity index (χ3n) is 3.90. The van der Waals surface area contributed by atoms with Gasteiger partial charge in [-0.15, -0.1) is 0 Å². The largest absolute Gasteiger partial charge is 0.507 e. The van der Waals surface area contributed by atoms with Crippen molar-refractivity contribution in [2.24, 2.45) is 0 Å². The van der Waals surface area contributed by atoms with Crippen molar-refractivity contribution in [1.29, 1.82) is 0 Å². The fraction of sp³-hybridized carbons (Fsp3) is 0.250. The molecule has 2 N–H and O–H groups in total. The molecule has 2 aromatic carbocycles. The van der Waals surface area contributed by atoms with E-state index in [1.165, 1.54) is 32.2 Å². The average molecular weight is 405 g/mol. The van der Waals surface area contributed by atoms with Gasteiger partial charge in [0, 0.05) is 17.8 Å². The molecule has 7 nitrogen and oxygen atoms in total. The highest BCUT2D eigenvalue weighted by molar-refractivity contribution is 6.31. The van der Waals surface area contributed by atoms with Crippen LogP contribution in [0.5, 0.6) is 5.75 Å². The van der Waals surface area contributed by atoms with Crippen molar-refractivity contribution in [2.45, 2.75) is 20.0 Å². The first kappa shape index (κ1) is 21.2. The van der Waals surface area contributed by atoms with E-state index in [2.05, 4.69) is 5.32 Å². The van der Waals surface area contributed by atoms with Gasteiger partial charge in [0.2, 0.25) is 5.91 Å². The summed E-state index contributed by atoms with van der Waals surface area (Å²) in [4.78, 5) is 37.8. The van der Waals surface area contributed by atoms with Crippen LogP contribution in [-0.4, -0.2) is 47.5 Å². The maximum atomic E-state index is 12.4. The second-order valence-corrected chi connectivity index (χ2v) is 6.75. The molecule has 2 amide bonds. The highest BCUT2D eigenvalue weighted by Gasteiger charge is 2.25. The summed E-state index contributed by atoms with van der Waals surface area (Å²) in [7, 11) is 1.43. The number of esters is 1. The first-order valence-corrected chi connectivity index (χ1v) is 8.86. The van der Waals surface area contributed by atoms with Gasteiger partial charge in [0.15, 0.2) is 6.10 Å². The summed E-state index contributed by atoms with van der Waals surface area (Å²) in [6.45, 7) is 3.11. The van der Waals surface area contributed by atoms with E-state index in [4.69, 9.17) is 16.3 Å². The van der Waals surface area contributed by atoms with Crippen molar-refractivity contribution in [3.05, 3.63) is 58.6 Å². The Morgan fingerprint density at radius 2 is 1.82 bits per heavy atom. The molecule has 0 spiro atoms. The highest BCUT2D eigenvalue weighted by Crippen LogP contribution is 2.22. The summed E-state index contributed by atoms with van der Waals surface area (Å²) in [5.41, 5.74) is 1.53. The quantitative estimate of drug-likeness (QED) is 0.721. The Hall–Kier alpha value is -3.06. The van der Waals surface area contributed by atoms with Crippen LogP contribution in [0.2, 0.25) is 5.02 Å². The summed E-state index contributed by atoms with van der Waals surface area (Å²) in [5.74, 6) is -2.14. The number of hydrogen-bond donors (Lipinski definition) is 2. The predicted octanol–water partition coefficient (Wildman–Crippen LogP) is 3.00. The molecule has 0 aliphatic rings. The van der Waals surface area contributed by atoms with Crippen LogP contribution in [0, 0.1) is 6.92 Å². The monoisotopic (exact) mass is 404 g/mol. The van der Waals surface area contributed by atoms with Gasteiger partial charge >= 0.3 is 5.97 Å². The molecule has 8 heteroatoms. The van der Waals surface area contributed by atoms with E-state index in [0.29, 0.717) is 5.69 Å². The van der Waals surface area contributed by atoms with Gasteiger partial charge in [-0.05, 0) is 44.2 Å². The number of carbonyl (C=O) groups is 3. The number of aromatic hydroxyl groups is 1. The Labute approximate surface area is 167 Å². The SMILES string of the molecule is Cc1ccc(NC(=O)CN(C)C(=O)[C@@H](C)OC(=O)c2cc(Cl)ccc2O)cc1. The maximum absolute atomic E-state index is 12.4.